The molecule has 0 aliphatic carbocycles. The SMILES string of the molecule is O=C(CCc1nnc(-c2ccsc2)o1)Nc1ccc(Cl)c(C(F)(F)F)c1. The molecule has 3 aromatic rings. The van der Waals surface area contributed by atoms with Crippen LogP contribution >= 0.6 is 22.9 Å². The Kier molecular flexibility index (Phi) is 5.28. The minimum absolute atomic E-state index is 0.0104. The zero-order valence-corrected chi connectivity index (χ0v) is 14.6. The lowest BCUT2D eigenvalue weighted by molar-refractivity contribution is -0.137. The Labute approximate surface area is 154 Å². The fraction of sp³-hybridized carbons (Fsp3) is 0.188. The third kappa shape index (κ3) is 4.41. The van der Waals surface area contributed by atoms with Crippen LogP contribution in [0.2, 0.25) is 5.02 Å². The Morgan fingerprint density at radius 3 is 2.77 bits per heavy atom. The molecule has 0 unspecified atom stereocenters. The van der Waals surface area contributed by atoms with Crippen LogP contribution in [0.25, 0.3) is 11.5 Å². The number of alkyl halides is 3. The molecule has 0 aliphatic rings. The molecule has 136 valence electrons. The van der Waals surface area contributed by atoms with E-state index in [2.05, 4.69) is 15.5 Å². The zero-order valence-electron chi connectivity index (χ0n) is 13.0. The molecule has 26 heavy (non-hydrogen) atoms. The minimum atomic E-state index is -4.60. The summed E-state index contributed by atoms with van der Waals surface area (Å²) in [4.78, 5) is 12.0. The van der Waals surface area contributed by atoms with E-state index in [9.17, 15) is 18.0 Å². The van der Waals surface area contributed by atoms with E-state index < -0.39 is 22.7 Å². The van der Waals surface area contributed by atoms with Crippen molar-refractivity contribution >= 4 is 34.5 Å². The van der Waals surface area contributed by atoms with Crippen molar-refractivity contribution in [3.8, 4) is 11.5 Å². The van der Waals surface area contributed by atoms with Gasteiger partial charge in [0.25, 0.3) is 0 Å². The summed E-state index contributed by atoms with van der Waals surface area (Å²) in [5.41, 5.74) is -0.204. The molecule has 0 fully saturated rings. The normalized spacial score (nSPS) is 11.5. The second kappa shape index (κ2) is 7.46. The van der Waals surface area contributed by atoms with E-state index >= 15 is 0 Å². The lowest BCUT2D eigenvalue weighted by Crippen LogP contribution is -2.14. The quantitative estimate of drug-likeness (QED) is 0.650. The Hall–Kier alpha value is -2.39. The van der Waals surface area contributed by atoms with Crippen molar-refractivity contribution in [3.63, 3.8) is 0 Å². The van der Waals surface area contributed by atoms with Gasteiger partial charge in [0, 0.05) is 29.5 Å². The molecular formula is C16H11ClF3N3O2S. The van der Waals surface area contributed by atoms with Gasteiger partial charge in [0.05, 0.1) is 10.6 Å². The van der Waals surface area contributed by atoms with Crippen LogP contribution in [0.1, 0.15) is 17.9 Å². The van der Waals surface area contributed by atoms with Crippen LogP contribution in [0.5, 0.6) is 0 Å². The van der Waals surface area contributed by atoms with Crippen LogP contribution in [0, 0.1) is 0 Å². The Morgan fingerprint density at radius 1 is 1.27 bits per heavy atom. The van der Waals surface area contributed by atoms with Crippen molar-refractivity contribution in [3.05, 3.63) is 51.5 Å². The maximum absolute atomic E-state index is 12.8. The van der Waals surface area contributed by atoms with E-state index in [1.54, 1.807) is 0 Å². The van der Waals surface area contributed by atoms with E-state index in [0.29, 0.717) is 5.89 Å². The van der Waals surface area contributed by atoms with E-state index in [1.807, 2.05) is 16.8 Å². The second-order valence-electron chi connectivity index (χ2n) is 5.25. The van der Waals surface area contributed by atoms with Gasteiger partial charge in [-0.1, -0.05) is 11.6 Å². The molecule has 1 amide bonds. The topological polar surface area (TPSA) is 68.0 Å². The highest BCUT2D eigenvalue weighted by atomic mass is 35.5. The average molecular weight is 402 g/mol. The number of nitrogens with one attached hydrogen (secondary N) is 1. The standard InChI is InChI=1S/C16H11ClF3N3O2S/c17-12-2-1-10(7-11(12)16(18,19)20)21-13(24)3-4-14-22-23-15(25-14)9-5-6-26-8-9/h1-2,5-8H,3-4H2,(H,21,24). The predicted octanol–water partition coefficient (Wildman–Crippen LogP) is 5.04. The molecule has 0 spiro atoms. The first-order valence-electron chi connectivity index (χ1n) is 7.34. The molecule has 10 heteroatoms. The number of carbonyl (C=O) groups is 1. The highest BCUT2D eigenvalue weighted by Crippen LogP contribution is 2.36. The number of halogens is 4. The molecule has 0 bridgehead atoms. The van der Waals surface area contributed by atoms with Gasteiger partial charge in [0.2, 0.25) is 17.7 Å². The predicted molar refractivity (Wildman–Crippen MR) is 91.0 cm³/mol. The first-order chi connectivity index (χ1) is 12.3. The number of nitrogens with zero attached hydrogens (tertiary/aromatic N) is 2. The summed E-state index contributed by atoms with van der Waals surface area (Å²) in [6, 6.07) is 5.01. The summed E-state index contributed by atoms with van der Waals surface area (Å²) < 4.78 is 43.9. The molecule has 2 heterocycles. The average Bonchev–Trinajstić information content (AvgIpc) is 3.25. The van der Waals surface area contributed by atoms with E-state index in [-0.39, 0.29) is 24.4 Å². The largest absolute Gasteiger partial charge is 0.421 e. The van der Waals surface area contributed by atoms with Gasteiger partial charge in [-0.3, -0.25) is 4.79 Å². The maximum Gasteiger partial charge on any atom is 0.417 e. The van der Waals surface area contributed by atoms with E-state index in [1.165, 1.54) is 17.4 Å². The van der Waals surface area contributed by atoms with Crippen molar-refractivity contribution in [2.45, 2.75) is 19.0 Å². The summed E-state index contributed by atoms with van der Waals surface area (Å²) in [6.07, 6.45) is -4.45. The van der Waals surface area contributed by atoms with Gasteiger partial charge in [-0.15, -0.1) is 10.2 Å². The number of benzene rings is 1. The molecule has 0 atom stereocenters. The molecule has 0 saturated carbocycles. The lowest BCUT2D eigenvalue weighted by Gasteiger charge is -2.11. The van der Waals surface area contributed by atoms with Crippen molar-refractivity contribution < 1.29 is 22.4 Å². The molecule has 5 nitrogen and oxygen atoms in total. The molecule has 0 saturated heterocycles. The third-order valence-electron chi connectivity index (χ3n) is 3.36. The number of aryl methyl sites for hydroxylation is 1. The van der Waals surface area contributed by atoms with E-state index in [4.69, 9.17) is 16.0 Å². The van der Waals surface area contributed by atoms with Crippen LogP contribution in [0.4, 0.5) is 18.9 Å². The Morgan fingerprint density at radius 2 is 2.08 bits per heavy atom. The van der Waals surface area contributed by atoms with Crippen LogP contribution in [0.15, 0.2) is 39.4 Å². The minimum Gasteiger partial charge on any atom is -0.421 e. The van der Waals surface area contributed by atoms with Crippen LogP contribution in [-0.4, -0.2) is 16.1 Å². The van der Waals surface area contributed by atoms with Crippen LogP contribution < -0.4 is 5.32 Å². The van der Waals surface area contributed by atoms with Gasteiger partial charge in [0.15, 0.2) is 0 Å². The summed E-state index contributed by atoms with van der Waals surface area (Å²) in [6.45, 7) is 0. The lowest BCUT2D eigenvalue weighted by atomic mass is 10.2. The van der Waals surface area contributed by atoms with Gasteiger partial charge < -0.3 is 9.73 Å². The molecule has 2 aromatic heterocycles. The zero-order chi connectivity index (χ0) is 18.7. The van der Waals surface area contributed by atoms with Crippen molar-refractivity contribution in [2.24, 2.45) is 0 Å². The van der Waals surface area contributed by atoms with Gasteiger partial charge in [-0.2, -0.15) is 24.5 Å². The fourth-order valence-electron chi connectivity index (χ4n) is 2.12. The molecule has 0 aliphatic heterocycles. The van der Waals surface area contributed by atoms with Crippen molar-refractivity contribution in [2.75, 3.05) is 5.32 Å². The van der Waals surface area contributed by atoms with Crippen molar-refractivity contribution in [1.29, 1.82) is 0 Å². The first kappa shape index (κ1) is 18.4. The smallest absolute Gasteiger partial charge is 0.417 e. The molecule has 1 N–H and O–H groups in total. The van der Waals surface area contributed by atoms with Crippen LogP contribution in [0.3, 0.4) is 0 Å². The summed E-state index contributed by atoms with van der Waals surface area (Å²) in [5.74, 6) is 0.151. The molecule has 0 radical (unpaired) electrons. The van der Waals surface area contributed by atoms with Crippen LogP contribution in [-0.2, 0) is 17.4 Å². The Balaban J connectivity index is 1.60. The summed E-state index contributed by atoms with van der Waals surface area (Å²) in [7, 11) is 0. The number of thiophene rings is 1. The van der Waals surface area contributed by atoms with E-state index in [0.717, 1.165) is 17.7 Å². The maximum atomic E-state index is 12.8. The molecular weight excluding hydrogens is 391 g/mol. The second-order valence-corrected chi connectivity index (χ2v) is 6.44. The number of hydrogen-bond acceptors (Lipinski definition) is 5. The summed E-state index contributed by atoms with van der Waals surface area (Å²) >= 11 is 7.03. The summed E-state index contributed by atoms with van der Waals surface area (Å²) in [5, 5.41) is 13.4. The highest BCUT2D eigenvalue weighted by molar-refractivity contribution is 7.08. The third-order valence-corrected chi connectivity index (χ3v) is 4.37. The number of amides is 1. The highest BCUT2D eigenvalue weighted by Gasteiger charge is 2.33. The number of aromatic nitrogens is 2. The van der Waals surface area contributed by atoms with Crippen molar-refractivity contribution in [1.82, 2.24) is 10.2 Å². The van der Waals surface area contributed by atoms with Gasteiger partial charge in [-0.05, 0) is 29.6 Å². The first-order valence-corrected chi connectivity index (χ1v) is 8.66. The number of hydrogen-bond donors (Lipinski definition) is 1. The monoisotopic (exact) mass is 401 g/mol. The molecule has 3 rings (SSSR count). The number of anilines is 1. The molecule has 1 aromatic carbocycles. The van der Waals surface area contributed by atoms with Gasteiger partial charge in [-0.25, -0.2) is 0 Å². The number of rotatable bonds is 5. The fourth-order valence-corrected chi connectivity index (χ4v) is 2.98. The Bertz CT molecular complexity index is 910. The number of carbonyl (C=O) groups excluding carboxylic acids is 1. The van der Waals surface area contributed by atoms with Gasteiger partial charge in [0.1, 0.15) is 0 Å². The van der Waals surface area contributed by atoms with Gasteiger partial charge >= 0.3 is 6.18 Å².